The highest BCUT2D eigenvalue weighted by molar-refractivity contribution is 5.90. The highest BCUT2D eigenvalue weighted by Gasteiger charge is 2.11. The zero-order valence-corrected chi connectivity index (χ0v) is 13.1. The van der Waals surface area contributed by atoms with E-state index in [9.17, 15) is 0 Å². The molecule has 3 heterocycles. The maximum absolute atomic E-state index is 4.69. The summed E-state index contributed by atoms with van der Waals surface area (Å²) in [4.78, 5) is 9.28. The molecule has 5 aromatic rings. The molecule has 0 aliphatic heterocycles. The largest absolute Gasteiger partial charge is 0.338 e. The zero-order valence-electron chi connectivity index (χ0n) is 13.1. The van der Waals surface area contributed by atoms with Gasteiger partial charge in [0, 0.05) is 16.6 Å². The van der Waals surface area contributed by atoms with E-state index in [1.54, 1.807) is 12.4 Å². The fourth-order valence-electron chi connectivity index (χ4n) is 2.80. The van der Waals surface area contributed by atoms with Crippen LogP contribution in [0.1, 0.15) is 0 Å². The molecule has 7 heteroatoms. The topological polar surface area (TPSA) is 95.2 Å². The molecule has 0 unspecified atom stereocenters. The lowest BCUT2D eigenvalue weighted by atomic mass is 10.2. The third-order valence-corrected chi connectivity index (χ3v) is 4.04. The van der Waals surface area contributed by atoms with Crippen molar-refractivity contribution in [2.24, 2.45) is 0 Å². The van der Waals surface area contributed by atoms with Crippen LogP contribution in [0.25, 0.3) is 33.3 Å². The highest BCUT2D eigenvalue weighted by Crippen LogP contribution is 2.27. The Morgan fingerprint density at radius 3 is 2.64 bits per heavy atom. The number of aromatic nitrogens is 6. The molecule has 0 amide bonds. The van der Waals surface area contributed by atoms with E-state index in [0.29, 0.717) is 11.6 Å². The van der Waals surface area contributed by atoms with Crippen LogP contribution in [0.5, 0.6) is 0 Å². The van der Waals surface area contributed by atoms with Gasteiger partial charge in [0.2, 0.25) is 0 Å². The Hall–Kier alpha value is -3.74. The normalized spacial score (nSPS) is 11.2. The van der Waals surface area contributed by atoms with Crippen molar-refractivity contribution >= 4 is 33.4 Å². The smallest absolute Gasteiger partial charge is 0.162 e. The second-order valence-electron chi connectivity index (χ2n) is 5.69. The van der Waals surface area contributed by atoms with Crippen LogP contribution in [-0.4, -0.2) is 30.4 Å². The van der Waals surface area contributed by atoms with Crippen molar-refractivity contribution in [1.29, 1.82) is 0 Å². The van der Waals surface area contributed by atoms with Gasteiger partial charge in [-0.1, -0.05) is 30.3 Å². The van der Waals surface area contributed by atoms with Crippen LogP contribution in [0, 0.1) is 0 Å². The van der Waals surface area contributed by atoms with Gasteiger partial charge in [-0.25, -0.2) is 9.97 Å². The number of nitrogens with zero attached hydrogens (tertiary/aromatic N) is 4. The van der Waals surface area contributed by atoms with Gasteiger partial charge >= 0.3 is 0 Å². The molecule has 0 saturated carbocycles. The highest BCUT2D eigenvalue weighted by atomic mass is 15.2. The molecular weight excluding hydrogens is 314 g/mol. The maximum Gasteiger partial charge on any atom is 0.162 e. The predicted molar refractivity (Wildman–Crippen MR) is 96.5 cm³/mol. The molecule has 5 rings (SSSR count). The van der Waals surface area contributed by atoms with Crippen LogP contribution >= 0.6 is 0 Å². The van der Waals surface area contributed by atoms with Crippen LogP contribution in [-0.2, 0) is 0 Å². The van der Waals surface area contributed by atoms with Crippen LogP contribution in [0.2, 0.25) is 0 Å². The maximum atomic E-state index is 4.69. The van der Waals surface area contributed by atoms with E-state index in [1.807, 2.05) is 48.5 Å². The molecule has 0 radical (unpaired) electrons. The molecule has 25 heavy (non-hydrogen) atoms. The van der Waals surface area contributed by atoms with E-state index >= 15 is 0 Å². The summed E-state index contributed by atoms with van der Waals surface area (Å²) in [7, 11) is 0. The number of rotatable bonds is 3. The second-order valence-corrected chi connectivity index (χ2v) is 5.69. The van der Waals surface area contributed by atoms with Crippen molar-refractivity contribution in [2.75, 3.05) is 5.32 Å². The lowest BCUT2D eigenvalue weighted by molar-refractivity contribution is 1.11. The Bertz CT molecular complexity index is 1170. The third-order valence-electron chi connectivity index (χ3n) is 4.04. The van der Waals surface area contributed by atoms with E-state index in [-0.39, 0.29) is 0 Å². The first-order chi connectivity index (χ1) is 12.4. The van der Waals surface area contributed by atoms with Crippen LogP contribution < -0.4 is 5.32 Å². The van der Waals surface area contributed by atoms with Gasteiger partial charge < -0.3 is 5.32 Å². The lowest BCUT2D eigenvalue weighted by Gasteiger charge is -2.09. The summed E-state index contributed by atoms with van der Waals surface area (Å²) < 4.78 is 0. The average molecular weight is 327 g/mol. The van der Waals surface area contributed by atoms with Gasteiger partial charge in [0.25, 0.3) is 0 Å². The number of nitrogens with one attached hydrogen (secondary N) is 3. The van der Waals surface area contributed by atoms with Crippen molar-refractivity contribution in [3.05, 3.63) is 60.9 Å². The second kappa shape index (κ2) is 5.41. The molecule has 0 aliphatic carbocycles. The molecular formula is C18H13N7. The van der Waals surface area contributed by atoms with Crippen molar-refractivity contribution in [2.45, 2.75) is 0 Å². The van der Waals surface area contributed by atoms with Crippen molar-refractivity contribution in [3.63, 3.8) is 0 Å². The molecule has 3 N–H and O–H groups in total. The molecule has 120 valence electrons. The van der Waals surface area contributed by atoms with Gasteiger partial charge in [-0.15, -0.1) is 0 Å². The summed E-state index contributed by atoms with van der Waals surface area (Å²) in [5.74, 6) is 1.34. The summed E-state index contributed by atoms with van der Waals surface area (Å²) >= 11 is 0. The summed E-state index contributed by atoms with van der Waals surface area (Å²) in [6, 6.07) is 15.9. The van der Waals surface area contributed by atoms with Gasteiger partial charge in [-0.05, 0) is 18.2 Å². The predicted octanol–water partition coefficient (Wildman–Crippen LogP) is 3.64. The molecule has 0 fully saturated rings. The van der Waals surface area contributed by atoms with Gasteiger partial charge in [0.15, 0.2) is 11.6 Å². The number of hydrogen-bond acceptors (Lipinski definition) is 5. The van der Waals surface area contributed by atoms with Crippen molar-refractivity contribution in [1.82, 2.24) is 30.4 Å². The molecule has 0 aliphatic rings. The van der Waals surface area contributed by atoms with Crippen molar-refractivity contribution < 1.29 is 0 Å². The number of hydrogen-bond donors (Lipinski definition) is 3. The number of benzene rings is 2. The Kier molecular flexibility index (Phi) is 2.96. The van der Waals surface area contributed by atoms with Crippen LogP contribution in [0.4, 0.5) is 11.5 Å². The van der Waals surface area contributed by atoms with Crippen molar-refractivity contribution in [3.8, 4) is 11.4 Å². The zero-order chi connectivity index (χ0) is 16.6. The van der Waals surface area contributed by atoms with E-state index in [0.717, 1.165) is 33.2 Å². The number of H-pyrrole nitrogens is 2. The van der Waals surface area contributed by atoms with E-state index in [1.165, 1.54) is 0 Å². The first kappa shape index (κ1) is 13.7. The molecule has 0 atom stereocenters. The minimum atomic E-state index is 0.654. The quantitative estimate of drug-likeness (QED) is 0.470. The van der Waals surface area contributed by atoms with E-state index in [2.05, 4.69) is 35.7 Å². The standard InChI is InChI=1S/C18H13N7/c1-2-4-11(5-3-1)17-22-15-10-20-25-16(15)18(23-17)21-13-6-7-14-12(8-13)9-19-24-14/h1-10H,(H,19,24)(H,20,25)(H,21,22,23). The molecule has 3 aromatic heterocycles. The Labute approximate surface area is 142 Å². The lowest BCUT2D eigenvalue weighted by Crippen LogP contribution is -1.99. The fraction of sp³-hybridized carbons (Fsp3) is 0. The molecule has 0 spiro atoms. The third kappa shape index (κ3) is 2.38. The monoisotopic (exact) mass is 327 g/mol. The first-order valence-corrected chi connectivity index (χ1v) is 7.83. The molecule has 0 bridgehead atoms. The Balaban J connectivity index is 1.62. The van der Waals surface area contributed by atoms with E-state index in [4.69, 9.17) is 0 Å². The number of anilines is 2. The molecule has 2 aromatic carbocycles. The van der Waals surface area contributed by atoms with Gasteiger partial charge in [-0.2, -0.15) is 10.2 Å². The summed E-state index contributed by atoms with van der Waals surface area (Å²) in [6.07, 6.45) is 3.50. The molecule has 0 saturated heterocycles. The van der Waals surface area contributed by atoms with E-state index < -0.39 is 0 Å². The first-order valence-electron chi connectivity index (χ1n) is 7.83. The summed E-state index contributed by atoms with van der Waals surface area (Å²) in [6.45, 7) is 0. The number of aromatic amines is 2. The summed E-state index contributed by atoms with van der Waals surface area (Å²) in [5, 5.41) is 18.5. The summed E-state index contributed by atoms with van der Waals surface area (Å²) in [5.41, 5.74) is 4.40. The minimum absolute atomic E-state index is 0.654. The molecule has 7 nitrogen and oxygen atoms in total. The fourth-order valence-corrected chi connectivity index (χ4v) is 2.80. The SMILES string of the molecule is c1ccc(-c2nc(Nc3ccc4[nH]ncc4c3)c3[nH]ncc3n2)cc1. The van der Waals surface area contributed by atoms with Gasteiger partial charge in [0.05, 0.1) is 17.9 Å². The number of fused-ring (bicyclic) bond motifs is 2. The Morgan fingerprint density at radius 2 is 1.72 bits per heavy atom. The average Bonchev–Trinajstić information content (AvgIpc) is 3.31. The minimum Gasteiger partial charge on any atom is -0.338 e. The van der Waals surface area contributed by atoms with Gasteiger partial charge in [-0.3, -0.25) is 10.2 Å². The van der Waals surface area contributed by atoms with Crippen LogP contribution in [0.3, 0.4) is 0 Å². The Morgan fingerprint density at radius 1 is 0.840 bits per heavy atom. The van der Waals surface area contributed by atoms with Gasteiger partial charge in [0.1, 0.15) is 11.0 Å². The van der Waals surface area contributed by atoms with Crippen LogP contribution in [0.15, 0.2) is 60.9 Å².